The average molecular weight is 1900 g/mol. The SMILES string of the molecule is C=CC(=O)N1CCCC(c2c3c(=O)[nH]nc(N)c3nn2-c2ccc(Oc3ccccc3)cc2)C1.C=CC(=O)N1CCCC(n2nc(-c3ccc(Oc4ccc(C)cn4)cc3)c3c(N)n[nH]c(=O)c32)C1.C=CC(=O)N1CCCC(n2nc(-c3ccc(Oc4ccccc4)cc3)c3c(N)n[nH]c(=O)c32)C1.CN(C)/C=C/CC(=O)N1CCCC(n2nc(-c3ccc(Oc4ccccc4)cc3)c3c(N)n[nH]c(=O)c32)C1. The van der Waals surface area contributed by atoms with Crippen LogP contribution >= 0.6 is 0 Å². The van der Waals surface area contributed by atoms with Crippen molar-refractivity contribution in [3.05, 3.63) is 309 Å². The average Bonchev–Trinajstić information content (AvgIpc) is 1.61. The zero-order valence-corrected chi connectivity index (χ0v) is 77.7. The summed E-state index contributed by atoms with van der Waals surface area (Å²) in [5.41, 5.74) is 31.1. The lowest BCUT2D eigenvalue weighted by Crippen LogP contribution is -2.41. The number of carbonyl (C=O) groups is 4. The lowest BCUT2D eigenvalue weighted by Gasteiger charge is -2.33. The summed E-state index contributed by atoms with van der Waals surface area (Å²) in [7, 11) is 3.83. The second kappa shape index (κ2) is 42.6. The Morgan fingerprint density at radius 3 is 1.16 bits per heavy atom. The number of para-hydroxylation sites is 3. The fraction of sp³-hybridized carbons (Fsp3) is 0.233. The number of nitrogen functional groups attached to an aromatic ring is 4. The first kappa shape index (κ1) is 94.9. The number of piperidine rings is 4. The third kappa shape index (κ3) is 21.2. The van der Waals surface area contributed by atoms with Gasteiger partial charge in [0.2, 0.25) is 29.5 Å². The number of aromatic amines is 4. The van der Waals surface area contributed by atoms with Crippen molar-refractivity contribution in [3.63, 3.8) is 0 Å². The van der Waals surface area contributed by atoms with Crippen LogP contribution in [0.4, 0.5) is 23.3 Å². The minimum Gasteiger partial charge on any atom is -0.457 e. The molecule has 38 heteroatoms. The van der Waals surface area contributed by atoms with Crippen LogP contribution in [-0.4, -0.2) is 199 Å². The van der Waals surface area contributed by atoms with E-state index in [2.05, 4.69) is 70.6 Å². The summed E-state index contributed by atoms with van der Waals surface area (Å²) in [5, 5.41) is 46.7. The molecule has 4 aliphatic rings. The molecule has 4 unspecified atom stereocenters. The van der Waals surface area contributed by atoms with Gasteiger partial charge in [0.1, 0.15) is 79.4 Å². The van der Waals surface area contributed by atoms with Gasteiger partial charge in [-0.05, 0) is 222 Å². The minimum absolute atomic E-state index is 0.0496. The summed E-state index contributed by atoms with van der Waals surface area (Å²) in [4.78, 5) is 114. The minimum atomic E-state index is -0.384. The van der Waals surface area contributed by atoms with E-state index in [1.807, 2.05) is 243 Å². The van der Waals surface area contributed by atoms with Crippen molar-refractivity contribution in [1.29, 1.82) is 0 Å². The fourth-order valence-corrected chi connectivity index (χ4v) is 17.9. The monoisotopic (exact) mass is 1900 g/mol. The number of fused-ring (bicyclic) bond motifs is 4. The van der Waals surface area contributed by atoms with Gasteiger partial charge in [0, 0.05) is 108 Å². The van der Waals surface area contributed by atoms with E-state index in [-0.39, 0.29) is 93.2 Å². The van der Waals surface area contributed by atoms with Gasteiger partial charge in [-0.3, -0.25) is 52.4 Å². The molecule has 4 fully saturated rings. The van der Waals surface area contributed by atoms with Crippen LogP contribution in [0.1, 0.15) is 93.1 Å². The van der Waals surface area contributed by atoms with Gasteiger partial charge in [0.25, 0.3) is 22.2 Å². The van der Waals surface area contributed by atoms with E-state index in [0.717, 1.165) is 96.6 Å². The molecule has 4 aliphatic heterocycles. The van der Waals surface area contributed by atoms with Crippen molar-refractivity contribution < 1.29 is 38.1 Å². The number of rotatable bonds is 22. The maximum atomic E-state index is 13.0. The lowest BCUT2D eigenvalue weighted by atomic mass is 9.92. The lowest BCUT2D eigenvalue weighted by molar-refractivity contribution is -0.132. The molecule has 0 radical (unpaired) electrons. The van der Waals surface area contributed by atoms with Gasteiger partial charge in [0.05, 0.1) is 51.1 Å². The highest BCUT2D eigenvalue weighted by atomic mass is 16.5. The Hall–Kier alpha value is -17.9. The van der Waals surface area contributed by atoms with E-state index < -0.39 is 0 Å². The van der Waals surface area contributed by atoms with E-state index >= 15 is 0 Å². The molecule has 0 aliphatic carbocycles. The number of hydrogen-bond donors (Lipinski definition) is 8. The van der Waals surface area contributed by atoms with Crippen LogP contribution in [-0.2, 0) is 19.2 Å². The third-order valence-electron chi connectivity index (χ3n) is 24.7. The number of ether oxygens (including phenoxy) is 4. The van der Waals surface area contributed by atoms with Gasteiger partial charge in [-0.1, -0.05) is 86.5 Å². The first-order chi connectivity index (χ1) is 68.4. The first-order valence-electron chi connectivity index (χ1n) is 46.1. The Balaban J connectivity index is 0.000000130. The molecule has 12 N–H and O–H groups in total. The Bertz CT molecular complexity index is 7550. The Labute approximate surface area is 806 Å². The highest BCUT2D eigenvalue weighted by molar-refractivity contribution is 6.02. The van der Waals surface area contributed by atoms with Crippen LogP contribution in [0.15, 0.2) is 276 Å². The number of anilines is 4. The van der Waals surface area contributed by atoms with Crippen LogP contribution in [0, 0.1) is 6.92 Å². The fourth-order valence-electron chi connectivity index (χ4n) is 17.9. The maximum Gasteiger partial charge on any atom is 0.290 e. The molecule has 0 saturated carbocycles. The van der Waals surface area contributed by atoms with Gasteiger partial charge in [-0.25, -0.2) is 30.1 Å². The zero-order chi connectivity index (χ0) is 98.5. The number of carbonyl (C=O) groups excluding carboxylic acids is 4. The summed E-state index contributed by atoms with van der Waals surface area (Å²) in [5.74, 6) is 5.61. The zero-order valence-electron chi connectivity index (χ0n) is 77.7. The van der Waals surface area contributed by atoms with Gasteiger partial charge in [-0.2, -0.15) is 40.8 Å². The molecule has 0 bridgehead atoms. The molecule has 4 saturated heterocycles. The van der Waals surface area contributed by atoms with Crippen LogP contribution in [0.25, 0.3) is 83.1 Å². The van der Waals surface area contributed by atoms with E-state index in [9.17, 15) is 38.4 Å². The van der Waals surface area contributed by atoms with Crippen molar-refractivity contribution >= 4 is 90.5 Å². The summed E-state index contributed by atoms with van der Waals surface area (Å²) in [6, 6.07) is 61.5. The highest BCUT2D eigenvalue weighted by Gasteiger charge is 2.36. The van der Waals surface area contributed by atoms with Crippen LogP contribution in [0.2, 0.25) is 0 Å². The summed E-state index contributed by atoms with van der Waals surface area (Å²) >= 11 is 0. The van der Waals surface area contributed by atoms with Crippen LogP contribution in [0.3, 0.4) is 0 Å². The molecule has 4 atom stereocenters. The molecule has 4 amide bonds. The molecule has 9 aromatic heterocycles. The Morgan fingerprint density at radius 2 is 0.766 bits per heavy atom. The van der Waals surface area contributed by atoms with E-state index in [0.29, 0.717) is 154 Å². The van der Waals surface area contributed by atoms with E-state index in [4.69, 9.17) is 57.2 Å². The highest BCUT2D eigenvalue weighted by Crippen LogP contribution is 2.41. The predicted molar refractivity (Wildman–Crippen MR) is 538 cm³/mol. The Morgan fingerprint density at radius 1 is 0.411 bits per heavy atom. The molecule has 20 rings (SSSR count). The standard InChI is InChI=1S/C28H31N7O3.C25H25N7O3.2C25H24N6O3/c1-33(2)16-7-11-23(36)34-17-6-8-20(18-34)35-26-24(27(29)30-31-28(26)37)25(32-35)19-12-14-22(15-13-19)38-21-9-4-3-5-10-21;1-3-20(33)31-12-4-5-17(14-31)32-23-21(24(26)28-29-25(23)34)22(30-32)16-7-9-18(10-8-16)35-19-11-6-15(2)13-27-19;1-2-20(32)30-14-6-7-17(15-30)31-23-21(24(26)27-28-25(23)33)22(29-31)16-10-12-19(13-11-16)34-18-8-4-3-5-9-18;1-2-20(32)30-14-6-7-16(15-30)23-21-22(24(26)27-28-25(21)33)29-31(23)17-10-12-19(13-11-17)34-18-8-4-3-5-9-18/h3-5,7,9-10,12-16,20H,6,8,11,17-18H2,1-2H3,(H2,29,30)(H,31,37);3,6-11,13,17H,1,4-5,12,14H2,2H3,(H2,26,28)(H,29,34);2-5,8-13,17H,1,6-7,14-15H2,(H2,26,27)(H,28,33);2-5,8-13,16H,1,6-7,14-15H2,(H2,26,27)(H,28,33)/b16-7+;;;. The predicted octanol–water partition coefficient (Wildman–Crippen LogP) is 13.9. The molecule has 16 aromatic rings. The van der Waals surface area contributed by atoms with Crippen molar-refractivity contribution in [2.45, 2.75) is 88.8 Å². The van der Waals surface area contributed by atoms with E-state index in [1.165, 1.54) is 18.2 Å². The van der Waals surface area contributed by atoms with E-state index in [1.54, 1.807) is 39.6 Å². The van der Waals surface area contributed by atoms with Crippen molar-refractivity contribution in [2.24, 2.45) is 0 Å². The molecule has 0 spiro atoms. The molecule has 7 aromatic carbocycles. The molecular formula is C103H104N26O12. The second-order valence-electron chi connectivity index (χ2n) is 34.5. The van der Waals surface area contributed by atoms with Crippen LogP contribution < -0.4 is 64.1 Å². The molecule has 13 heterocycles. The number of nitrogens with two attached hydrogens (primary N) is 4. The number of aryl methyl sites for hydroxylation is 1. The van der Waals surface area contributed by atoms with Gasteiger partial charge in [0.15, 0.2) is 23.3 Å². The largest absolute Gasteiger partial charge is 0.457 e. The molecule has 141 heavy (non-hydrogen) atoms. The maximum absolute atomic E-state index is 13.0. The van der Waals surface area contributed by atoms with Crippen LogP contribution in [0.5, 0.6) is 46.1 Å². The number of benzene rings is 7. The molecule has 718 valence electrons. The quantitative estimate of drug-likeness (QED) is 0.0292. The van der Waals surface area contributed by atoms with Gasteiger partial charge < -0.3 is 66.4 Å². The second-order valence-corrected chi connectivity index (χ2v) is 34.5. The van der Waals surface area contributed by atoms with Gasteiger partial charge >= 0.3 is 0 Å². The topological polar surface area (TPSA) is 493 Å². The van der Waals surface area contributed by atoms with Crippen molar-refractivity contribution in [3.8, 4) is 85.6 Å². The first-order valence-corrected chi connectivity index (χ1v) is 46.1. The number of nitrogens with zero attached hydrogens (tertiary/aromatic N) is 18. The number of hydrogen-bond acceptors (Lipinski definition) is 26. The van der Waals surface area contributed by atoms with Crippen molar-refractivity contribution in [1.82, 2.24) is 109 Å². The van der Waals surface area contributed by atoms with Crippen molar-refractivity contribution in [2.75, 3.05) is 89.4 Å². The number of H-pyrrole nitrogens is 4. The molecular weight excluding hydrogens is 1790 g/mol. The smallest absolute Gasteiger partial charge is 0.290 e. The normalized spacial score (nSPS) is 15.8. The summed E-state index contributed by atoms with van der Waals surface area (Å²) in [6.07, 6.45) is 16.1. The summed E-state index contributed by atoms with van der Waals surface area (Å²) < 4.78 is 30.4. The summed E-state index contributed by atoms with van der Waals surface area (Å²) in [6.45, 7) is 17.2. The number of likely N-dealkylation sites (tertiary alicyclic amines) is 4. The van der Waals surface area contributed by atoms with Gasteiger partial charge in [-0.15, -0.1) is 0 Å². The number of nitrogens with one attached hydrogen (secondary N) is 4. The third-order valence-corrected chi connectivity index (χ3v) is 24.7. The Kier molecular flexibility index (Phi) is 28.7. The number of amides is 4. The number of aromatic nitrogens is 17. The number of pyridine rings is 1. The molecule has 38 nitrogen and oxygen atoms in total.